The van der Waals surface area contributed by atoms with Gasteiger partial charge in [0.15, 0.2) is 6.61 Å². The van der Waals surface area contributed by atoms with Crippen molar-refractivity contribution in [1.82, 2.24) is 0 Å². The van der Waals surface area contributed by atoms with Crippen molar-refractivity contribution in [1.29, 1.82) is 5.26 Å². The monoisotopic (exact) mass is 375 g/mol. The summed E-state index contributed by atoms with van der Waals surface area (Å²) in [6.45, 7) is 0.222. The second-order valence-electron chi connectivity index (χ2n) is 4.45. The fourth-order valence-corrected chi connectivity index (χ4v) is 1.92. The fourth-order valence-electron chi connectivity index (χ4n) is 1.66. The largest absolute Gasteiger partial charge is 0.490 e. The number of carbonyl (C=O) groups is 1. The van der Waals surface area contributed by atoms with Crippen molar-refractivity contribution < 1.29 is 19.0 Å². The fraction of sp³-hybridized carbons (Fsp3) is 0.176. The van der Waals surface area contributed by atoms with Crippen LogP contribution in [0.25, 0.3) is 0 Å². The molecule has 0 aliphatic rings. The van der Waals surface area contributed by atoms with E-state index in [1.54, 1.807) is 24.3 Å². The van der Waals surface area contributed by atoms with Crippen LogP contribution in [-0.2, 0) is 9.53 Å². The summed E-state index contributed by atoms with van der Waals surface area (Å²) in [5, 5.41) is 8.68. The first-order chi connectivity index (χ1) is 11.2. The van der Waals surface area contributed by atoms with E-state index in [0.29, 0.717) is 17.1 Å². The highest BCUT2D eigenvalue weighted by atomic mass is 79.9. The van der Waals surface area contributed by atoms with Crippen molar-refractivity contribution in [3.8, 4) is 17.6 Å². The Balaban J connectivity index is 1.63. The van der Waals surface area contributed by atoms with Gasteiger partial charge in [-0.1, -0.05) is 15.9 Å². The summed E-state index contributed by atoms with van der Waals surface area (Å²) in [5.41, 5.74) is 0.532. The molecule has 0 fully saturated rings. The molecule has 0 bridgehead atoms. The normalized spacial score (nSPS) is 9.74. The molecule has 0 N–H and O–H groups in total. The first-order valence-corrected chi connectivity index (χ1v) is 7.63. The smallest absolute Gasteiger partial charge is 0.344 e. The molecule has 0 unspecified atom stereocenters. The van der Waals surface area contributed by atoms with Crippen molar-refractivity contribution in [2.45, 2.75) is 0 Å². The van der Waals surface area contributed by atoms with E-state index in [1.807, 2.05) is 30.3 Å². The van der Waals surface area contributed by atoms with Crippen molar-refractivity contribution in [2.75, 3.05) is 19.8 Å². The van der Waals surface area contributed by atoms with Crippen molar-refractivity contribution in [3.05, 3.63) is 58.6 Å². The van der Waals surface area contributed by atoms with Crippen LogP contribution in [0.3, 0.4) is 0 Å². The molecule has 2 rings (SSSR count). The molecular formula is C17H14BrNO4. The van der Waals surface area contributed by atoms with E-state index in [0.717, 1.165) is 4.47 Å². The van der Waals surface area contributed by atoms with Crippen LogP contribution in [0, 0.1) is 11.3 Å². The Labute approximate surface area is 142 Å². The van der Waals surface area contributed by atoms with Crippen molar-refractivity contribution >= 4 is 21.9 Å². The van der Waals surface area contributed by atoms with Gasteiger partial charge in [0.25, 0.3) is 0 Å². The van der Waals surface area contributed by atoms with Gasteiger partial charge in [0.1, 0.15) is 24.7 Å². The Morgan fingerprint density at radius 1 is 0.957 bits per heavy atom. The maximum Gasteiger partial charge on any atom is 0.344 e. The lowest BCUT2D eigenvalue weighted by molar-refractivity contribution is -0.146. The zero-order valence-corrected chi connectivity index (χ0v) is 13.8. The van der Waals surface area contributed by atoms with Gasteiger partial charge in [0, 0.05) is 4.47 Å². The first-order valence-electron chi connectivity index (χ1n) is 6.84. The van der Waals surface area contributed by atoms with E-state index >= 15 is 0 Å². The summed E-state index contributed by atoms with van der Waals surface area (Å²) >= 11 is 3.34. The average Bonchev–Trinajstić information content (AvgIpc) is 2.59. The number of nitriles is 1. The molecule has 118 valence electrons. The molecular weight excluding hydrogens is 362 g/mol. The number of benzene rings is 2. The molecule has 0 heterocycles. The summed E-state index contributed by atoms with van der Waals surface area (Å²) < 4.78 is 16.7. The maximum absolute atomic E-state index is 11.5. The van der Waals surface area contributed by atoms with E-state index in [-0.39, 0.29) is 19.8 Å². The minimum atomic E-state index is -0.478. The summed E-state index contributed by atoms with van der Waals surface area (Å²) in [7, 11) is 0. The molecule has 0 radical (unpaired) electrons. The molecule has 0 aromatic heterocycles. The average molecular weight is 376 g/mol. The van der Waals surface area contributed by atoms with E-state index in [2.05, 4.69) is 15.9 Å². The Morgan fingerprint density at radius 3 is 2.22 bits per heavy atom. The van der Waals surface area contributed by atoms with Crippen LogP contribution in [-0.4, -0.2) is 25.8 Å². The molecule has 0 spiro atoms. The first kappa shape index (κ1) is 16.8. The molecule has 2 aromatic carbocycles. The van der Waals surface area contributed by atoms with Crippen LogP contribution in [0.4, 0.5) is 0 Å². The van der Waals surface area contributed by atoms with E-state index < -0.39 is 5.97 Å². The molecule has 23 heavy (non-hydrogen) atoms. The third-order valence-electron chi connectivity index (χ3n) is 2.77. The predicted octanol–water partition coefficient (Wildman–Crippen LogP) is 3.32. The Morgan fingerprint density at radius 2 is 1.57 bits per heavy atom. The molecule has 2 aromatic rings. The number of halogens is 1. The zero-order valence-electron chi connectivity index (χ0n) is 12.2. The van der Waals surface area contributed by atoms with Gasteiger partial charge in [-0.2, -0.15) is 5.26 Å². The van der Waals surface area contributed by atoms with Crippen molar-refractivity contribution in [3.63, 3.8) is 0 Å². The van der Waals surface area contributed by atoms with Gasteiger partial charge in [-0.15, -0.1) is 0 Å². The zero-order chi connectivity index (χ0) is 16.5. The summed E-state index contributed by atoms with van der Waals surface area (Å²) in [6.07, 6.45) is 0. The molecule has 0 atom stereocenters. The highest BCUT2D eigenvalue weighted by Gasteiger charge is 2.04. The van der Waals surface area contributed by atoms with Gasteiger partial charge in [-0.3, -0.25) is 0 Å². The Hall–Kier alpha value is -2.52. The van der Waals surface area contributed by atoms with E-state index in [4.69, 9.17) is 19.5 Å². The van der Waals surface area contributed by atoms with Crippen molar-refractivity contribution in [2.24, 2.45) is 0 Å². The van der Waals surface area contributed by atoms with E-state index in [1.165, 1.54) is 0 Å². The number of hydrogen-bond donors (Lipinski definition) is 0. The topological polar surface area (TPSA) is 68.5 Å². The SMILES string of the molecule is N#Cc1ccc(OCC(=O)OCCOc2ccc(Br)cc2)cc1. The van der Waals surface area contributed by atoms with Crippen LogP contribution in [0.1, 0.15) is 5.56 Å². The summed E-state index contributed by atoms with van der Waals surface area (Å²) in [5.74, 6) is 0.735. The summed E-state index contributed by atoms with van der Waals surface area (Å²) in [6, 6.07) is 15.9. The lowest BCUT2D eigenvalue weighted by atomic mass is 10.2. The summed E-state index contributed by atoms with van der Waals surface area (Å²) in [4.78, 5) is 11.5. The highest BCUT2D eigenvalue weighted by Crippen LogP contribution is 2.16. The van der Waals surface area contributed by atoms with Crippen LogP contribution >= 0.6 is 15.9 Å². The van der Waals surface area contributed by atoms with Gasteiger partial charge in [0.05, 0.1) is 11.6 Å². The Kier molecular flexibility index (Phi) is 6.45. The third-order valence-corrected chi connectivity index (χ3v) is 3.30. The lowest BCUT2D eigenvalue weighted by Crippen LogP contribution is -2.18. The number of nitrogens with zero attached hydrogens (tertiary/aromatic N) is 1. The molecule has 0 aliphatic heterocycles. The van der Waals surface area contributed by atoms with Gasteiger partial charge in [-0.25, -0.2) is 4.79 Å². The molecule has 0 aliphatic carbocycles. The second kappa shape index (κ2) is 8.81. The third kappa shape index (κ3) is 6.01. The van der Waals surface area contributed by atoms with Crippen LogP contribution in [0.5, 0.6) is 11.5 Å². The molecule has 6 heteroatoms. The minimum Gasteiger partial charge on any atom is -0.490 e. The standard InChI is InChI=1S/C17H14BrNO4/c18-14-3-7-15(8-4-14)21-9-10-22-17(20)12-23-16-5-1-13(11-19)2-6-16/h1-8H,9-10,12H2. The van der Waals surface area contributed by atoms with Crippen LogP contribution < -0.4 is 9.47 Å². The van der Waals surface area contributed by atoms with Crippen LogP contribution in [0.2, 0.25) is 0 Å². The van der Waals surface area contributed by atoms with Gasteiger partial charge in [0.2, 0.25) is 0 Å². The number of rotatable bonds is 7. The van der Waals surface area contributed by atoms with Gasteiger partial charge in [-0.05, 0) is 48.5 Å². The molecule has 0 saturated heterocycles. The van der Waals surface area contributed by atoms with E-state index in [9.17, 15) is 4.79 Å². The number of ether oxygens (including phenoxy) is 3. The van der Waals surface area contributed by atoms with Gasteiger partial charge >= 0.3 is 5.97 Å². The maximum atomic E-state index is 11.5. The second-order valence-corrected chi connectivity index (χ2v) is 5.36. The number of hydrogen-bond acceptors (Lipinski definition) is 5. The highest BCUT2D eigenvalue weighted by molar-refractivity contribution is 9.10. The lowest BCUT2D eigenvalue weighted by Gasteiger charge is -2.08. The number of esters is 1. The van der Waals surface area contributed by atoms with Gasteiger partial charge < -0.3 is 14.2 Å². The predicted molar refractivity (Wildman–Crippen MR) is 87.2 cm³/mol. The quantitative estimate of drug-likeness (QED) is 0.548. The molecule has 5 nitrogen and oxygen atoms in total. The Bertz CT molecular complexity index is 677. The minimum absolute atomic E-state index is 0.144. The molecule has 0 saturated carbocycles. The molecule has 0 amide bonds. The van der Waals surface area contributed by atoms with Crippen LogP contribution in [0.15, 0.2) is 53.0 Å². The number of carbonyl (C=O) groups excluding carboxylic acids is 1.